The molecular formula is C9H17NO3. The largest absolute Gasteiger partial charge is 0.381 e. The Balaban J connectivity index is 0. The zero-order chi connectivity index (χ0) is 10.9. The third kappa shape index (κ3) is 18.2. The van der Waals surface area contributed by atoms with Gasteiger partial charge >= 0.3 is 0 Å². The number of Topliss-reactive ketones (excluding diaryl/α,β-unsaturated/α-hetero) is 2. The highest BCUT2D eigenvalue weighted by Crippen LogP contribution is 1.85. The van der Waals surface area contributed by atoms with Crippen molar-refractivity contribution >= 4 is 11.6 Å². The highest BCUT2D eigenvalue weighted by atomic mass is 16.3. The number of aliphatic hydroxyl groups excluding tert-OH is 1. The van der Waals surface area contributed by atoms with E-state index in [4.69, 9.17) is 5.11 Å². The molecule has 0 aromatic rings. The molecule has 0 aromatic heterocycles. The molecule has 0 atom stereocenters. The molecule has 4 nitrogen and oxygen atoms in total. The van der Waals surface area contributed by atoms with Crippen LogP contribution in [0.3, 0.4) is 0 Å². The Hall–Kier alpha value is -1.00. The number of aliphatic hydroxyl groups is 1. The zero-order valence-electron chi connectivity index (χ0n) is 8.39. The molecule has 0 fully saturated rings. The molecule has 0 heterocycles. The smallest absolute Gasteiger partial charge is 0.171 e. The maximum Gasteiger partial charge on any atom is 0.171 e. The van der Waals surface area contributed by atoms with Gasteiger partial charge in [-0.15, -0.1) is 0 Å². The van der Waals surface area contributed by atoms with E-state index in [1.807, 2.05) is 0 Å². The van der Waals surface area contributed by atoms with Gasteiger partial charge < -0.3 is 9.90 Å². The van der Waals surface area contributed by atoms with Crippen molar-refractivity contribution in [1.29, 1.82) is 0 Å². The van der Waals surface area contributed by atoms with Gasteiger partial charge in [-0.05, 0) is 26.3 Å². The van der Waals surface area contributed by atoms with E-state index in [-0.39, 0.29) is 24.8 Å². The molecule has 0 unspecified atom stereocenters. The quantitative estimate of drug-likeness (QED) is 0.489. The average molecular weight is 187 g/mol. The number of hydrogen-bond acceptors (Lipinski definition) is 4. The van der Waals surface area contributed by atoms with Gasteiger partial charge in [0.05, 0.1) is 13.3 Å². The first kappa shape index (κ1) is 14.5. The minimum atomic E-state index is -0.168. The summed E-state index contributed by atoms with van der Waals surface area (Å²) in [5, 5.41) is 10.7. The van der Waals surface area contributed by atoms with Gasteiger partial charge in [-0.3, -0.25) is 10.1 Å². The van der Waals surface area contributed by atoms with Crippen molar-refractivity contribution in [3.8, 4) is 0 Å². The number of rotatable bonds is 4. The first-order chi connectivity index (χ1) is 5.91. The molecule has 0 rings (SSSR count). The monoisotopic (exact) mass is 187 g/mol. The Labute approximate surface area is 78.6 Å². The second-order valence-electron chi connectivity index (χ2n) is 2.70. The van der Waals surface area contributed by atoms with Gasteiger partial charge in [-0.25, -0.2) is 0 Å². The average Bonchev–Trinajstić information content (AvgIpc) is 1.98. The van der Waals surface area contributed by atoms with Crippen molar-refractivity contribution in [3.05, 3.63) is 12.2 Å². The lowest BCUT2D eigenvalue weighted by molar-refractivity contribution is -0.115. The topological polar surface area (TPSA) is 66.4 Å². The fraction of sp³-hybridized carbons (Fsp3) is 0.556. The summed E-state index contributed by atoms with van der Waals surface area (Å²) in [6.07, 6.45) is 0. The number of nitrogens with one attached hydrogen (secondary N) is 1. The summed E-state index contributed by atoms with van der Waals surface area (Å²) in [4.78, 5) is 20.1. The number of hydrogen-bond donors (Lipinski definition) is 2. The molecule has 0 spiro atoms. The van der Waals surface area contributed by atoms with Crippen LogP contribution in [0.15, 0.2) is 12.2 Å². The summed E-state index contributed by atoms with van der Waals surface area (Å²) in [5.41, 5.74) is 0.510. The Morgan fingerprint density at radius 2 is 1.69 bits per heavy atom. The van der Waals surface area contributed by atoms with Crippen molar-refractivity contribution in [2.24, 2.45) is 0 Å². The first-order valence-corrected chi connectivity index (χ1v) is 3.89. The molecule has 0 saturated heterocycles. The fourth-order valence-electron chi connectivity index (χ4n) is 0.320. The van der Waals surface area contributed by atoms with Gasteiger partial charge in [-0.2, -0.15) is 0 Å². The summed E-state index contributed by atoms with van der Waals surface area (Å²) in [7, 11) is 0. The van der Waals surface area contributed by atoms with Crippen LogP contribution in [0, 0.1) is 0 Å². The maximum absolute atomic E-state index is 10.6. The summed E-state index contributed by atoms with van der Waals surface area (Å²) < 4.78 is 0. The Morgan fingerprint density at radius 1 is 1.31 bits per heavy atom. The molecular weight excluding hydrogens is 170 g/mol. The lowest BCUT2D eigenvalue weighted by atomic mass is 10.2. The number of ketones is 2. The molecule has 0 aliphatic heterocycles. The van der Waals surface area contributed by atoms with E-state index in [1.54, 1.807) is 6.92 Å². The molecule has 0 saturated carbocycles. The predicted molar refractivity (Wildman–Crippen MR) is 51.3 cm³/mol. The van der Waals surface area contributed by atoms with Crippen LogP contribution < -0.4 is 5.32 Å². The van der Waals surface area contributed by atoms with E-state index >= 15 is 0 Å². The summed E-state index contributed by atoms with van der Waals surface area (Å²) in [6, 6.07) is 0. The van der Waals surface area contributed by atoms with Gasteiger partial charge in [0.15, 0.2) is 5.78 Å². The van der Waals surface area contributed by atoms with Crippen LogP contribution >= 0.6 is 0 Å². The molecule has 0 radical (unpaired) electrons. The number of carbonyl (C=O) groups is 2. The predicted octanol–water partition coefficient (Wildman–Crippen LogP) is 0.266. The van der Waals surface area contributed by atoms with E-state index < -0.39 is 0 Å². The van der Waals surface area contributed by atoms with E-state index in [0.717, 1.165) is 0 Å². The minimum Gasteiger partial charge on any atom is -0.381 e. The van der Waals surface area contributed by atoms with Crippen molar-refractivity contribution in [2.75, 3.05) is 13.3 Å². The van der Waals surface area contributed by atoms with Gasteiger partial charge in [0.2, 0.25) is 0 Å². The fourth-order valence-corrected chi connectivity index (χ4v) is 0.320. The lowest BCUT2D eigenvalue weighted by Gasteiger charge is -1.97. The Morgan fingerprint density at radius 3 is 1.92 bits per heavy atom. The third-order valence-electron chi connectivity index (χ3n) is 0.873. The van der Waals surface area contributed by atoms with Gasteiger partial charge in [0.1, 0.15) is 5.78 Å². The van der Waals surface area contributed by atoms with Crippen molar-refractivity contribution in [2.45, 2.75) is 20.8 Å². The zero-order valence-corrected chi connectivity index (χ0v) is 8.39. The van der Waals surface area contributed by atoms with Crippen molar-refractivity contribution in [3.63, 3.8) is 0 Å². The summed E-state index contributed by atoms with van der Waals surface area (Å²) >= 11 is 0. The SMILES string of the molecule is C=C(C)C(=O)CNCO.CC(C)=O. The molecule has 2 N–H and O–H groups in total. The van der Waals surface area contributed by atoms with Crippen molar-refractivity contribution < 1.29 is 14.7 Å². The Kier molecular flexibility index (Phi) is 10.2. The van der Waals surface area contributed by atoms with Gasteiger partial charge in [0, 0.05) is 0 Å². The molecule has 13 heavy (non-hydrogen) atoms. The number of carbonyl (C=O) groups excluding carboxylic acids is 2. The molecule has 76 valence electrons. The second-order valence-corrected chi connectivity index (χ2v) is 2.70. The van der Waals surface area contributed by atoms with Crippen LogP contribution in [0.1, 0.15) is 20.8 Å². The summed E-state index contributed by atoms with van der Waals surface area (Å²) in [6.45, 7) is 8.14. The van der Waals surface area contributed by atoms with E-state index in [2.05, 4.69) is 11.9 Å². The molecule has 0 aliphatic rings. The maximum atomic E-state index is 10.6. The van der Waals surface area contributed by atoms with Gasteiger partial charge in [0.25, 0.3) is 0 Å². The molecule has 0 aromatic carbocycles. The third-order valence-corrected chi connectivity index (χ3v) is 0.873. The highest BCUT2D eigenvalue weighted by Gasteiger charge is 1.98. The van der Waals surface area contributed by atoms with Crippen LogP contribution in [-0.4, -0.2) is 29.9 Å². The second kappa shape index (κ2) is 9.09. The standard InChI is InChI=1S/C6H11NO2.C3H6O/c1-5(2)6(9)3-7-4-8;1-3(2)4/h7-8H,1,3-4H2,2H3;1-2H3. The van der Waals surface area contributed by atoms with Gasteiger partial charge in [-0.1, -0.05) is 6.58 Å². The van der Waals surface area contributed by atoms with E-state index in [0.29, 0.717) is 5.57 Å². The molecule has 4 heteroatoms. The first-order valence-electron chi connectivity index (χ1n) is 3.89. The van der Waals surface area contributed by atoms with Crippen LogP contribution in [-0.2, 0) is 9.59 Å². The Bertz CT molecular complexity index is 183. The van der Waals surface area contributed by atoms with Crippen LogP contribution in [0.4, 0.5) is 0 Å². The van der Waals surface area contributed by atoms with E-state index in [1.165, 1.54) is 13.8 Å². The van der Waals surface area contributed by atoms with E-state index in [9.17, 15) is 9.59 Å². The molecule has 0 bridgehead atoms. The molecule has 0 amide bonds. The minimum absolute atomic E-state index is 0.0657. The van der Waals surface area contributed by atoms with Crippen LogP contribution in [0.2, 0.25) is 0 Å². The normalized spacial score (nSPS) is 8.31. The molecule has 0 aliphatic carbocycles. The highest BCUT2D eigenvalue weighted by molar-refractivity contribution is 5.95. The van der Waals surface area contributed by atoms with Crippen LogP contribution in [0.25, 0.3) is 0 Å². The van der Waals surface area contributed by atoms with Crippen molar-refractivity contribution in [1.82, 2.24) is 5.32 Å². The van der Waals surface area contributed by atoms with Crippen LogP contribution in [0.5, 0.6) is 0 Å². The summed E-state index contributed by atoms with van der Waals surface area (Å²) in [5.74, 6) is 0.101. The lowest BCUT2D eigenvalue weighted by Crippen LogP contribution is -2.23.